The lowest BCUT2D eigenvalue weighted by Crippen LogP contribution is -2.32. The number of benzene rings is 2. The fourth-order valence-corrected chi connectivity index (χ4v) is 2.00. The Kier molecular flexibility index (Phi) is 6.29. The summed E-state index contributed by atoms with van der Waals surface area (Å²) in [4.78, 5) is 11.8. The average Bonchev–Trinajstić information content (AvgIpc) is 2.60. The number of anilines is 1. The molecule has 0 atom stereocenters. The summed E-state index contributed by atoms with van der Waals surface area (Å²) in [5, 5.41) is 5.54. The number of rotatable bonds is 7. The number of amides is 2. The summed E-state index contributed by atoms with van der Waals surface area (Å²) < 4.78 is 10.6. The van der Waals surface area contributed by atoms with Crippen molar-refractivity contribution in [2.24, 2.45) is 0 Å². The first-order valence-electron chi connectivity index (χ1n) is 7.62. The van der Waals surface area contributed by atoms with Crippen LogP contribution in [0.3, 0.4) is 0 Å². The molecule has 0 aromatic heterocycles. The summed E-state index contributed by atoms with van der Waals surface area (Å²) in [7, 11) is 1.62. The highest BCUT2D eigenvalue weighted by Gasteiger charge is 2.01. The molecule has 2 aromatic carbocycles. The number of hydrogen-bond acceptors (Lipinski definition) is 3. The summed E-state index contributed by atoms with van der Waals surface area (Å²) in [5.74, 6) is 1.52. The maximum atomic E-state index is 11.8. The monoisotopic (exact) mass is 314 g/mol. The van der Waals surface area contributed by atoms with Gasteiger partial charge in [0, 0.05) is 5.69 Å². The van der Waals surface area contributed by atoms with Gasteiger partial charge in [0.1, 0.15) is 18.1 Å². The van der Waals surface area contributed by atoms with Crippen molar-refractivity contribution in [1.29, 1.82) is 0 Å². The molecule has 2 N–H and O–H groups in total. The zero-order valence-electron chi connectivity index (χ0n) is 13.5. The first-order chi connectivity index (χ1) is 11.2. The molecule has 0 saturated heterocycles. The molecule has 2 rings (SSSR count). The van der Waals surface area contributed by atoms with Gasteiger partial charge in [0.15, 0.2) is 0 Å². The Labute approximate surface area is 136 Å². The van der Waals surface area contributed by atoms with Gasteiger partial charge in [0.25, 0.3) is 0 Å². The number of hydrogen-bond donors (Lipinski definition) is 2. The zero-order chi connectivity index (χ0) is 16.5. The fourth-order valence-electron chi connectivity index (χ4n) is 2.00. The number of aryl methyl sites for hydroxylation is 1. The quantitative estimate of drug-likeness (QED) is 0.770. The Morgan fingerprint density at radius 1 is 1.00 bits per heavy atom. The van der Waals surface area contributed by atoms with E-state index in [1.54, 1.807) is 7.11 Å². The lowest BCUT2D eigenvalue weighted by molar-refractivity contribution is 0.247. The molecule has 0 heterocycles. The van der Waals surface area contributed by atoms with E-state index in [-0.39, 0.29) is 6.03 Å². The van der Waals surface area contributed by atoms with E-state index in [9.17, 15) is 4.79 Å². The number of urea groups is 1. The molecule has 2 amide bonds. The van der Waals surface area contributed by atoms with Gasteiger partial charge in [-0.1, -0.05) is 19.1 Å². The Morgan fingerprint density at radius 2 is 1.65 bits per heavy atom. The number of carbonyl (C=O) groups is 1. The van der Waals surface area contributed by atoms with Crippen LogP contribution in [0.5, 0.6) is 11.5 Å². The summed E-state index contributed by atoms with van der Waals surface area (Å²) in [5.41, 5.74) is 2.01. The van der Waals surface area contributed by atoms with Crippen LogP contribution in [0.4, 0.5) is 10.5 Å². The number of nitrogens with one attached hydrogen (secondary N) is 2. The maximum absolute atomic E-state index is 11.8. The highest BCUT2D eigenvalue weighted by molar-refractivity contribution is 5.89. The minimum atomic E-state index is -0.243. The van der Waals surface area contributed by atoms with E-state index in [1.807, 2.05) is 48.5 Å². The number of ether oxygens (including phenoxy) is 2. The van der Waals surface area contributed by atoms with E-state index < -0.39 is 0 Å². The third-order valence-electron chi connectivity index (χ3n) is 3.34. The normalized spacial score (nSPS) is 10.0. The van der Waals surface area contributed by atoms with Crippen LogP contribution in [0.25, 0.3) is 0 Å². The molecule has 0 bridgehead atoms. The van der Waals surface area contributed by atoms with Gasteiger partial charge in [0.05, 0.1) is 13.7 Å². The minimum absolute atomic E-state index is 0.243. The molecular weight excluding hydrogens is 292 g/mol. The molecule has 23 heavy (non-hydrogen) atoms. The van der Waals surface area contributed by atoms with Gasteiger partial charge in [-0.05, 0) is 48.4 Å². The second-order valence-corrected chi connectivity index (χ2v) is 4.96. The van der Waals surface area contributed by atoms with E-state index in [4.69, 9.17) is 9.47 Å². The smallest absolute Gasteiger partial charge is 0.319 e. The van der Waals surface area contributed by atoms with Crippen LogP contribution in [-0.4, -0.2) is 26.3 Å². The van der Waals surface area contributed by atoms with Crippen LogP contribution in [-0.2, 0) is 6.42 Å². The SMILES string of the molecule is CCc1ccc(NC(=O)NCCOc2ccc(OC)cc2)cc1. The molecule has 0 aliphatic carbocycles. The zero-order valence-corrected chi connectivity index (χ0v) is 13.5. The Morgan fingerprint density at radius 3 is 2.26 bits per heavy atom. The van der Waals surface area contributed by atoms with Crippen molar-refractivity contribution in [1.82, 2.24) is 5.32 Å². The van der Waals surface area contributed by atoms with Crippen LogP contribution in [0, 0.1) is 0 Å². The summed E-state index contributed by atoms with van der Waals surface area (Å²) in [6.45, 7) is 2.91. The molecule has 0 saturated carbocycles. The third kappa shape index (κ3) is 5.54. The van der Waals surface area contributed by atoms with E-state index in [1.165, 1.54) is 5.56 Å². The lowest BCUT2D eigenvalue weighted by atomic mass is 10.1. The van der Waals surface area contributed by atoms with Gasteiger partial charge in [0.2, 0.25) is 0 Å². The molecule has 0 aliphatic rings. The topological polar surface area (TPSA) is 59.6 Å². The van der Waals surface area contributed by atoms with Crippen molar-refractivity contribution in [3.8, 4) is 11.5 Å². The molecule has 0 aliphatic heterocycles. The summed E-state index contributed by atoms with van der Waals surface area (Å²) in [6.07, 6.45) is 0.981. The maximum Gasteiger partial charge on any atom is 0.319 e. The highest BCUT2D eigenvalue weighted by Crippen LogP contribution is 2.16. The van der Waals surface area contributed by atoms with Crippen molar-refractivity contribution in [2.45, 2.75) is 13.3 Å². The van der Waals surface area contributed by atoms with Crippen LogP contribution >= 0.6 is 0 Å². The molecule has 0 unspecified atom stereocenters. The van der Waals surface area contributed by atoms with E-state index in [0.717, 1.165) is 23.6 Å². The van der Waals surface area contributed by atoms with E-state index >= 15 is 0 Å². The molecule has 0 spiro atoms. The molecular formula is C18H22N2O3. The molecule has 2 aromatic rings. The van der Waals surface area contributed by atoms with Crippen LogP contribution < -0.4 is 20.1 Å². The van der Waals surface area contributed by atoms with Gasteiger partial charge in [-0.25, -0.2) is 4.79 Å². The van der Waals surface area contributed by atoms with E-state index in [0.29, 0.717) is 13.2 Å². The third-order valence-corrected chi connectivity index (χ3v) is 3.34. The second-order valence-electron chi connectivity index (χ2n) is 4.96. The Balaban J connectivity index is 1.67. The van der Waals surface area contributed by atoms with Crippen molar-refractivity contribution < 1.29 is 14.3 Å². The standard InChI is InChI=1S/C18H22N2O3/c1-3-14-4-6-15(7-5-14)20-18(21)19-12-13-23-17-10-8-16(22-2)9-11-17/h4-11H,3,12-13H2,1-2H3,(H2,19,20,21). The van der Waals surface area contributed by atoms with Crippen LogP contribution in [0.2, 0.25) is 0 Å². The number of methoxy groups -OCH3 is 1. The fraction of sp³-hybridized carbons (Fsp3) is 0.278. The minimum Gasteiger partial charge on any atom is -0.497 e. The van der Waals surface area contributed by atoms with Crippen molar-refractivity contribution in [2.75, 3.05) is 25.6 Å². The Hall–Kier alpha value is -2.69. The second kappa shape index (κ2) is 8.68. The molecule has 0 radical (unpaired) electrons. The first kappa shape index (κ1) is 16.7. The molecule has 5 nitrogen and oxygen atoms in total. The predicted molar refractivity (Wildman–Crippen MR) is 91.3 cm³/mol. The van der Waals surface area contributed by atoms with Crippen molar-refractivity contribution >= 4 is 11.7 Å². The first-order valence-corrected chi connectivity index (χ1v) is 7.62. The van der Waals surface area contributed by atoms with Gasteiger partial charge in [-0.3, -0.25) is 0 Å². The summed E-state index contributed by atoms with van der Waals surface area (Å²) >= 11 is 0. The highest BCUT2D eigenvalue weighted by atomic mass is 16.5. The van der Waals surface area contributed by atoms with Crippen molar-refractivity contribution in [3.63, 3.8) is 0 Å². The van der Waals surface area contributed by atoms with Crippen LogP contribution in [0.15, 0.2) is 48.5 Å². The molecule has 5 heteroatoms. The molecule has 122 valence electrons. The van der Waals surface area contributed by atoms with E-state index in [2.05, 4.69) is 17.6 Å². The van der Waals surface area contributed by atoms with Gasteiger partial charge in [-0.2, -0.15) is 0 Å². The number of carbonyl (C=O) groups excluding carboxylic acids is 1. The lowest BCUT2D eigenvalue weighted by Gasteiger charge is -2.10. The Bertz CT molecular complexity index is 609. The van der Waals surface area contributed by atoms with Crippen molar-refractivity contribution in [3.05, 3.63) is 54.1 Å². The largest absolute Gasteiger partial charge is 0.497 e. The predicted octanol–water partition coefficient (Wildman–Crippen LogP) is 3.46. The van der Waals surface area contributed by atoms with Gasteiger partial charge >= 0.3 is 6.03 Å². The van der Waals surface area contributed by atoms with Gasteiger partial charge in [-0.15, -0.1) is 0 Å². The van der Waals surface area contributed by atoms with Crippen LogP contribution in [0.1, 0.15) is 12.5 Å². The average molecular weight is 314 g/mol. The summed E-state index contributed by atoms with van der Waals surface area (Å²) in [6, 6.07) is 14.9. The van der Waals surface area contributed by atoms with Gasteiger partial charge < -0.3 is 20.1 Å². The molecule has 0 fully saturated rings.